The Morgan fingerprint density at radius 3 is 2.57 bits per heavy atom. The fraction of sp³-hybridized carbons (Fsp3) is 0.176. The molecule has 0 aromatic heterocycles. The molecule has 0 aliphatic rings. The molecule has 23 heavy (non-hydrogen) atoms. The molecule has 2 aromatic carbocycles. The van der Waals surface area contributed by atoms with Crippen molar-refractivity contribution in [3.8, 4) is 5.75 Å². The zero-order chi connectivity index (χ0) is 17.0. The minimum atomic E-state index is -0.785. The van der Waals surface area contributed by atoms with Crippen LogP contribution in [0.3, 0.4) is 0 Å². The van der Waals surface area contributed by atoms with Gasteiger partial charge in [0.15, 0.2) is 11.9 Å². The summed E-state index contributed by atoms with van der Waals surface area (Å²) in [7, 11) is 0. The minimum Gasteiger partial charge on any atom is -0.479 e. The van der Waals surface area contributed by atoms with Crippen LogP contribution in [0.1, 0.15) is 24.2 Å². The van der Waals surface area contributed by atoms with E-state index in [1.807, 2.05) is 0 Å². The number of halogens is 2. The molecule has 0 spiro atoms. The van der Waals surface area contributed by atoms with Gasteiger partial charge in [-0.15, -0.1) is 0 Å². The SMILES string of the molecule is CC(=O)c1cccc(NC(=O)[C@@H](C)Oc2cc(Cl)ccc2Cl)c1. The fourth-order valence-corrected chi connectivity index (χ4v) is 2.20. The predicted octanol–water partition coefficient (Wildman–Crippen LogP) is 4.60. The van der Waals surface area contributed by atoms with E-state index >= 15 is 0 Å². The van der Waals surface area contributed by atoms with Crippen LogP contribution >= 0.6 is 23.2 Å². The molecule has 0 aliphatic carbocycles. The number of anilines is 1. The Bertz CT molecular complexity index is 746. The third kappa shape index (κ3) is 4.71. The fourth-order valence-electron chi connectivity index (χ4n) is 1.87. The zero-order valence-electron chi connectivity index (χ0n) is 12.6. The molecule has 0 radical (unpaired) electrons. The molecule has 2 rings (SSSR count). The van der Waals surface area contributed by atoms with E-state index in [2.05, 4.69) is 5.32 Å². The monoisotopic (exact) mass is 351 g/mol. The number of nitrogens with one attached hydrogen (secondary N) is 1. The summed E-state index contributed by atoms with van der Waals surface area (Å²) in [6.07, 6.45) is -0.785. The maximum absolute atomic E-state index is 12.2. The molecule has 1 atom stereocenters. The lowest BCUT2D eigenvalue weighted by Gasteiger charge is -2.16. The first-order valence-corrected chi connectivity index (χ1v) is 7.66. The molecule has 1 amide bonds. The van der Waals surface area contributed by atoms with Gasteiger partial charge in [-0.3, -0.25) is 9.59 Å². The smallest absolute Gasteiger partial charge is 0.265 e. The molecule has 6 heteroatoms. The Morgan fingerprint density at radius 1 is 1.13 bits per heavy atom. The molecule has 2 aromatic rings. The Kier molecular flexibility index (Phi) is 5.64. The number of carbonyl (C=O) groups is 2. The average Bonchev–Trinajstić information content (AvgIpc) is 2.51. The maximum atomic E-state index is 12.2. The van der Waals surface area contributed by atoms with Crippen LogP contribution < -0.4 is 10.1 Å². The van der Waals surface area contributed by atoms with Crippen molar-refractivity contribution in [2.45, 2.75) is 20.0 Å². The van der Waals surface area contributed by atoms with Gasteiger partial charge in [-0.25, -0.2) is 0 Å². The highest BCUT2D eigenvalue weighted by molar-refractivity contribution is 6.34. The first-order valence-electron chi connectivity index (χ1n) is 6.90. The molecule has 0 unspecified atom stereocenters. The van der Waals surface area contributed by atoms with Gasteiger partial charge < -0.3 is 10.1 Å². The Hall–Kier alpha value is -2.04. The van der Waals surface area contributed by atoms with Gasteiger partial charge in [-0.05, 0) is 38.1 Å². The van der Waals surface area contributed by atoms with Crippen molar-refractivity contribution in [1.29, 1.82) is 0 Å². The molecule has 0 heterocycles. The highest BCUT2D eigenvalue weighted by atomic mass is 35.5. The molecule has 0 saturated carbocycles. The Labute approximate surface area is 144 Å². The number of benzene rings is 2. The quantitative estimate of drug-likeness (QED) is 0.800. The van der Waals surface area contributed by atoms with Gasteiger partial charge in [-0.1, -0.05) is 35.3 Å². The predicted molar refractivity (Wildman–Crippen MR) is 91.6 cm³/mol. The molecule has 0 fully saturated rings. The van der Waals surface area contributed by atoms with Crippen LogP contribution in [0, 0.1) is 0 Å². The maximum Gasteiger partial charge on any atom is 0.265 e. The molecule has 1 N–H and O–H groups in total. The van der Waals surface area contributed by atoms with E-state index in [1.165, 1.54) is 6.92 Å². The first-order chi connectivity index (χ1) is 10.9. The second-order valence-electron chi connectivity index (χ2n) is 4.96. The summed E-state index contributed by atoms with van der Waals surface area (Å²) in [4.78, 5) is 23.6. The number of ketones is 1. The van der Waals surface area contributed by atoms with Gasteiger partial charge in [0.25, 0.3) is 5.91 Å². The topological polar surface area (TPSA) is 55.4 Å². The van der Waals surface area contributed by atoms with Crippen LogP contribution in [-0.2, 0) is 4.79 Å². The van der Waals surface area contributed by atoms with Crippen LogP contribution in [0.25, 0.3) is 0 Å². The second kappa shape index (κ2) is 7.49. The highest BCUT2D eigenvalue weighted by Crippen LogP contribution is 2.28. The number of amides is 1. The number of carbonyl (C=O) groups excluding carboxylic acids is 2. The number of Topliss-reactive ketones (excluding diaryl/α,β-unsaturated/α-hetero) is 1. The summed E-state index contributed by atoms with van der Waals surface area (Å²) in [6.45, 7) is 3.06. The first kappa shape index (κ1) is 17.3. The molecular weight excluding hydrogens is 337 g/mol. The van der Waals surface area contributed by atoms with E-state index in [9.17, 15) is 9.59 Å². The van der Waals surface area contributed by atoms with Gasteiger partial charge in [0.1, 0.15) is 5.75 Å². The highest BCUT2D eigenvalue weighted by Gasteiger charge is 2.17. The Morgan fingerprint density at radius 2 is 1.87 bits per heavy atom. The normalized spacial score (nSPS) is 11.7. The molecule has 0 bridgehead atoms. The molecule has 0 aliphatic heterocycles. The molecule has 0 saturated heterocycles. The van der Waals surface area contributed by atoms with E-state index in [0.29, 0.717) is 27.0 Å². The van der Waals surface area contributed by atoms with Crippen molar-refractivity contribution in [1.82, 2.24) is 0 Å². The van der Waals surface area contributed by atoms with Crippen molar-refractivity contribution in [2.24, 2.45) is 0 Å². The lowest BCUT2D eigenvalue weighted by molar-refractivity contribution is -0.122. The summed E-state index contributed by atoms with van der Waals surface area (Å²) < 4.78 is 5.54. The average molecular weight is 352 g/mol. The van der Waals surface area contributed by atoms with Crippen LogP contribution in [-0.4, -0.2) is 17.8 Å². The van der Waals surface area contributed by atoms with Crippen LogP contribution in [0.5, 0.6) is 5.75 Å². The van der Waals surface area contributed by atoms with Gasteiger partial charge in [-0.2, -0.15) is 0 Å². The largest absolute Gasteiger partial charge is 0.479 e. The third-order valence-electron chi connectivity index (χ3n) is 3.10. The standard InChI is InChI=1S/C17H15Cl2NO3/c1-10(21)12-4-3-5-14(8-12)20-17(22)11(2)23-16-9-13(18)6-7-15(16)19/h3-9,11H,1-2H3,(H,20,22)/t11-/m1/s1. The number of ether oxygens (including phenoxy) is 1. The molecule has 120 valence electrons. The molecular formula is C17H15Cl2NO3. The summed E-state index contributed by atoms with van der Waals surface area (Å²) in [6, 6.07) is 11.5. The van der Waals surface area contributed by atoms with Gasteiger partial charge in [0.05, 0.1) is 5.02 Å². The van der Waals surface area contributed by atoms with Crippen LogP contribution in [0.4, 0.5) is 5.69 Å². The summed E-state index contributed by atoms with van der Waals surface area (Å²) in [5.41, 5.74) is 1.05. The van der Waals surface area contributed by atoms with E-state index in [4.69, 9.17) is 27.9 Å². The third-order valence-corrected chi connectivity index (χ3v) is 3.65. The van der Waals surface area contributed by atoms with Crippen molar-refractivity contribution in [3.63, 3.8) is 0 Å². The number of hydrogen-bond acceptors (Lipinski definition) is 3. The molecule has 4 nitrogen and oxygen atoms in total. The van der Waals surface area contributed by atoms with Gasteiger partial charge in [0.2, 0.25) is 0 Å². The van der Waals surface area contributed by atoms with Crippen LogP contribution in [0.2, 0.25) is 10.0 Å². The van der Waals surface area contributed by atoms with Crippen molar-refractivity contribution in [3.05, 3.63) is 58.1 Å². The summed E-state index contributed by atoms with van der Waals surface area (Å²) >= 11 is 11.9. The van der Waals surface area contributed by atoms with Gasteiger partial charge >= 0.3 is 0 Å². The van der Waals surface area contributed by atoms with Crippen molar-refractivity contribution < 1.29 is 14.3 Å². The van der Waals surface area contributed by atoms with E-state index in [-0.39, 0.29) is 11.7 Å². The summed E-state index contributed by atoms with van der Waals surface area (Å²) in [5, 5.41) is 3.53. The van der Waals surface area contributed by atoms with Crippen molar-refractivity contribution in [2.75, 3.05) is 5.32 Å². The lowest BCUT2D eigenvalue weighted by Crippen LogP contribution is -2.30. The second-order valence-corrected chi connectivity index (χ2v) is 5.80. The minimum absolute atomic E-state index is 0.0730. The van der Waals surface area contributed by atoms with E-state index < -0.39 is 6.10 Å². The van der Waals surface area contributed by atoms with Gasteiger partial charge in [0, 0.05) is 22.3 Å². The van der Waals surface area contributed by atoms with E-state index in [1.54, 1.807) is 49.4 Å². The Balaban J connectivity index is 2.07. The van der Waals surface area contributed by atoms with Crippen molar-refractivity contribution >= 4 is 40.6 Å². The van der Waals surface area contributed by atoms with E-state index in [0.717, 1.165) is 0 Å². The number of hydrogen-bond donors (Lipinski definition) is 1. The zero-order valence-corrected chi connectivity index (χ0v) is 14.1. The summed E-state index contributed by atoms with van der Waals surface area (Å²) in [5.74, 6) is -0.0999. The number of rotatable bonds is 5. The van der Waals surface area contributed by atoms with Crippen LogP contribution in [0.15, 0.2) is 42.5 Å². The lowest BCUT2D eigenvalue weighted by atomic mass is 10.1.